The van der Waals surface area contributed by atoms with Gasteiger partial charge < -0.3 is 15.4 Å². The van der Waals surface area contributed by atoms with Gasteiger partial charge in [-0.25, -0.2) is 0 Å². The highest BCUT2D eigenvalue weighted by atomic mass is 79.9. The van der Waals surface area contributed by atoms with Crippen LogP contribution in [0.4, 0.5) is 5.69 Å². The molecule has 2 rings (SSSR count). The molecule has 0 spiro atoms. The number of carbonyl (C=O) groups excluding carboxylic acids is 1. The Kier molecular flexibility index (Phi) is 5.63. The summed E-state index contributed by atoms with van der Waals surface area (Å²) in [5, 5.41) is 6.60. The molecule has 1 aromatic rings. The predicted octanol–water partition coefficient (Wildman–Crippen LogP) is 2.81. The second-order valence-corrected chi connectivity index (χ2v) is 5.61. The molecule has 0 bridgehead atoms. The lowest BCUT2D eigenvalue weighted by atomic mass is 10.1. The Balaban J connectivity index is 1.82. The van der Waals surface area contributed by atoms with E-state index in [1.807, 2.05) is 0 Å². The van der Waals surface area contributed by atoms with Crippen molar-refractivity contribution < 1.29 is 9.53 Å². The topological polar surface area (TPSA) is 50.4 Å². The van der Waals surface area contributed by atoms with Gasteiger partial charge in [0, 0.05) is 0 Å². The highest BCUT2D eigenvalue weighted by Crippen LogP contribution is 2.29. The number of nitrogens with one attached hydrogen (secondary N) is 2. The second kappa shape index (κ2) is 7.24. The average molecular weight is 348 g/mol. The monoisotopic (exact) mass is 346 g/mol. The number of anilines is 1. The maximum absolute atomic E-state index is 11.8. The fraction of sp³-hybridized carbons (Fsp3) is 0.462. The van der Waals surface area contributed by atoms with E-state index in [0.29, 0.717) is 15.2 Å². The van der Waals surface area contributed by atoms with Gasteiger partial charge in [-0.15, -0.1) is 0 Å². The van der Waals surface area contributed by atoms with Crippen molar-refractivity contribution in [2.45, 2.75) is 18.9 Å². The number of hydrogen-bond acceptors (Lipinski definition) is 3. The van der Waals surface area contributed by atoms with E-state index in [9.17, 15) is 4.79 Å². The molecule has 6 heteroatoms. The predicted molar refractivity (Wildman–Crippen MR) is 79.6 cm³/mol. The van der Waals surface area contributed by atoms with E-state index in [0.717, 1.165) is 25.9 Å². The first-order chi connectivity index (χ1) is 9.16. The van der Waals surface area contributed by atoms with Crippen LogP contribution in [0.1, 0.15) is 12.8 Å². The number of hydrogen-bond donors (Lipinski definition) is 2. The Hall–Kier alpha value is -0.620. The number of carbonyl (C=O) groups is 1. The smallest absolute Gasteiger partial charge is 0.250 e. The number of ether oxygens (including phenoxy) is 1. The van der Waals surface area contributed by atoms with Gasteiger partial charge in [0.1, 0.15) is 6.61 Å². The van der Waals surface area contributed by atoms with Crippen LogP contribution in [-0.4, -0.2) is 31.7 Å². The van der Waals surface area contributed by atoms with Crippen molar-refractivity contribution in [1.29, 1.82) is 0 Å². The third kappa shape index (κ3) is 4.45. The lowest BCUT2D eigenvalue weighted by Crippen LogP contribution is -2.34. The molecule has 1 heterocycles. The van der Waals surface area contributed by atoms with Gasteiger partial charge in [-0.05, 0) is 54.0 Å². The maximum Gasteiger partial charge on any atom is 0.250 e. The third-order valence-corrected chi connectivity index (χ3v) is 4.36. The van der Waals surface area contributed by atoms with Gasteiger partial charge in [-0.2, -0.15) is 0 Å². The van der Waals surface area contributed by atoms with Gasteiger partial charge in [0.2, 0.25) is 5.91 Å². The van der Waals surface area contributed by atoms with Gasteiger partial charge in [0.05, 0.1) is 21.3 Å². The summed E-state index contributed by atoms with van der Waals surface area (Å²) in [5.41, 5.74) is 0.659. The maximum atomic E-state index is 11.8. The molecule has 0 atom stereocenters. The van der Waals surface area contributed by atoms with Gasteiger partial charge in [-0.3, -0.25) is 4.79 Å². The van der Waals surface area contributed by atoms with E-state index < -0.39 is 0 Å². The molecule has 4 nitrogen and oxygen atoms in total. The normalized spacial score (nSPS) is 16.3. The molecule has 1 saturated heterocycles. The van der Waals surface area contributed by atoms with Crippen molar-refractivity contribution in [2.75, 3.05) is 25.0 Å². The van der Waals surface area contributed by atoms with E-state index in [1.165, 1.54) is 0 Å². The fourth-order valence-electron chi connectivity index (χ4n) is 1.94. The molecular weight excluding hydrogens is 332 g/mol. The summed E-state index contributed by atoms with van der Waals surface area (Å²) < 4.78 is 6.27. The highest BCUT2D eigenvalue weighted by Gasteiger charge is 2.15. The number of piperidine rings is 1. The SMILES string of the molecule is O=C(COC1CCNCC1)Nc1cccc(Cl)c1Br. The molecule has 0 radical (unpaired) electrons. The lowest BCUT2D eigenvalue weighted by molar-refractivity contribution is -0.123. The van der Waals surface area contributed by atoms with Crippen molar-refractivity contribution in [3.63, 3.8) is 0 Å². The molecule has 0 aliphatic carbocycles. The Bertz CT molecular complexity index is 450. The van der Waals surface area contributed by atoms with Crippen LogP contribution in [0.15, 0.2) is 22.7 Å². The number of halogens is 2. The summed E-state index contributed by atoms with van der Waals surface area (Å²) >= 11 is 9.30. The Morgan fingerprint density at radius 2 is 2.21 bits per heavy atom. The summed E-state index contributed by atoms with van der Waals surface area (Å²) in [7, 11) is 0. The zero-order valence-electron chi connectivity index (χ0n) is 10.4. The minimum Gasteiger partial charge on any atom is -0.368 e. The van der Waals surface area contributed by atoms with Crippen LogP contribution in [0.2, 0.25) is 5.02 Å². The second-order valence-electron chi connectivity index (χ2n) is 4.41. The molecule has 0 unspecified atom stereocenters. The summed E-state index contributed by atoms with van der Waals surface area (Å²) in [6.45, 7) is 1.97. The minimum absolute atomic E-state index is 0.0730. The van der Waals surface area contributed by atoms with Crippen LogP contribution < -0.4 is 10.6 Å². The van der Waals surface area contributed by atoms with E-state index in [2.05, 4.69) is 26.6 Å². The minimum atomic E-state index is -0.165. The van der Waals surface area contributed by atoms with E-state index >= 15 is 0 Å². The largest absolute Gasteiger partial charge is 0.368 e. The molecule has 1 aliphatic rings. The molecule has 1 amide bonds. The quantitative estimate of drug-likeness (QED) is 0.880. The standard InChI is InChI=1S/C13H16BrClN2O2/c14-13-10(15)2-1-3-11(13)17-12(18)8-19-9-4-6-16-7-5-9/h1-3,9,16H,4-8H2,(H,17,18). The lowest BCUT2D eigenvalue weighted by Gasteiger charge is -2.22. The van der Waals surface area contributed by atoms with Crippen LogP contribution in [0, 0.1) is 0 Å². The molecule has 19 heavy (non-hydrogen) atoms. The molecule has 2 N–H and O–H groups in total. The van der Waals surface area contributed by atoms with Crippen molar-refractivity contribution in [2.24, 2.45) is 0 Å². The average Bonchev–Trinajstić information content (AvgIpc) is 2.43. The first-order valence-electron chi connectivity index (χ1n) is 6.23. The van der Waals surface area contributed by atoms with Crippen LogP contribution in [-0.2, 0) is 9.53 Å². The van der Waals surface area contributed by atoms with Crippen LogP contribution in [0.25, 0.3) is 0 Å². The molecule has 104 valence electrons. The highest BCUT2D eigenvalue weighted by molar-refractivity contribution is 9.10. The van der Waals surface area contributed by atoms with Crippen molar-refractivity contribution in [3.8, 4) is 0 Å². The van der Waals surface area contributed by atoms with E-state index in [4.69, 9.17) is 16.3 Å². The van der Waals surface area contributed by atoms with Gasteiger partial charge in [-0.1, -0.05) is 17.7 Å². The zero-order valence-corrected chi connectivity index (χ0v) is 12.8. The Labute approximate surface area is 126 Å². The van der Waals surface area contributed by atoms with Gasteiger partial charge >= 0.3 is 0 Å². The van der Waals surface area contributed by atoms with Crippen LogP contribution in [0.5, 0.6) is 0 Å². The van der Waals surface area contributed by atoms with Gasteiger partial charge in [0.15, 0.2) is 0 Å². The van der Waals surface area contributed by atoms with E-state index in [1.54, 1.807) is 18.2 Å². The third-order valence-electron chi connectivity index (χ3n) is 2.96. The number of benzene rings is 1. The van der Waals surface area contributed by atoms with Crippen molar-refractivity contribution in [3.05, 3.63) is 27.7 Å². The van der Waals surface area contributed by atoms with Crippen LogP contribution in [0.3, 0.4) is 0 Å². The molecule has 1 fully saturated rings. The summed E-state index contributed by atoms with van der Waals surface area (Å²) in [5.74, 6) is -0.165. The first-order valence-corrected chi connectivity index (χ1v) is 7.40. The van der Waals surface area contributed by atoms with Crippen molar-refractivity contribution in [1.82, 2.24) is 5.32 Å². The Morgan fingerprint density at radius 3 is 2.95 bits per heavy atom. The first kappa shape index (κ1) is 14.8. The molecular formula is C13H16BrClN2O2. The van der Waals surface area contributed by atoms with E-state index in [-0.39, 0.29) is 18.6 Å². The molecule has 0 aromatic heterocycles. The summed E-state index contributed by atoms with van der Waals surface area (Å²) in [6.07, 6.45) is 2.08. The van der Waals surface area contributed by atoms with Crippen LogP contribution >= 0.6 is 27.5 Å². The van der Waals surface area contributed by atoms with Gasteiger partial charge in [0.25, 0.3) is 0 Å². The summed E-state index contributed by atoms with van der Waals surface area (Å²) in [6, 6.07) is 5.33. The Morgan fingerprint density at radius 1 is 1.47 bits per heavy atom. The zero-order chi connectivity index (χ0) is 13.7. The number of rotatable bonds is 4. The van der Waals surface area contributed by atoms with Crippen molar-refractivity contribution >= 4 is 39.1 Å². The fourth-order valence-corrected chi connectivity index (χ4v) is 2.48. The molecule has 1 aromatic carbocycles. The number of amides is 1. The summed E-state index contributed by atoms with van der Waals surface area (Å²) in [4.78, 5) is 11.8. The molecule has 0 saturated carbocycles. The molecule has 1 aliphatic heterocycles.